The van der Waals surface area contributed by atoms with Crippen LogP contribution in [-0.4, -0.2) is 27.1 Å². The van der Waals surface area contributed by atoms with Crippen molar-refractivity contribution >= 4 is 11.3 Å². The van der Waals surface area contributed by atoms with Crippen LogP contribution in [0.1, 0.15) is 35.3 Å². The Balaban J connectivity index is 1.79. The molecule has 2 aromatic heterocycles. The Morgan fingerprint density at radius 1 is 1.17 bits per heavy atom. The zero-order chi connectivity index (χ0) is 16.4. The van der Waals surface area contributed by atoms with Crippen LogP contribution in [0.15, 0.2) is 34.9 Å². The molecular weight excluding hydrogens is 308 g/mol. The molecular formula is C17H20N4OS. The summed E-state index contributed by atoms with van der Waals surface area (Å²) in [6.45, 7) is 6.70. The van der Waals surface area contributed by atoms with Gasteiger partial charge in [0.1, 0.15) is 5.01 Å². The summed E-state index contributed by atoms with van der Waals surface area (Å²) in [7, 11) is 2.06. The average Bonchev–Trinajstić information content (AvgIpc) is 3.13. The fourth-order valence-electron chi connectivity index (χ4n) is 2.45. The van der Waals surface area contributed by atoms with Crippen molar-refractivity contribution in [3.8, 4) is 10.6 Å². The van der Waals surface area contributed by atoms with Crippen LogP contribution in [0.3, 0.4) is 0 Å². The Hall–Kier alpha value is -2.05. The van der Waals surface area contributed by atoms with E-state index in [0.29, 0.717) is 18.3 Å². The third kappa shape index (κ3) is 3.48. The van der Waals surface area contributed by atoms with Gasteiger partial charge in [-0.2, -0.15) is 4.98 Å². The van der Waals surface area contributed by atoms with Gasteiger partial charge in [0.05, 0.1) is 12.2 Å². The van der Waals surface area contributed by atoms with Gasteiger partial charge in [-0.3, -0.25) is 4.90 Å². The van der Waals surface area contributed by atoms with Gasteiger partial charge in [-0.25, -0.2) is 4.98 Å². The molecule has 6 heteroatoms. The van der Waals surface area contributed by atoms with E-state index in [1.54, 1.807) is 11.3 Å². The fourth-order valence-corrected chi connectivity index (χ4v) is 3.64. The van der Waals surface area contributed by atoms with E-state index < -0.39 is 0 Å². The van der Waals surface area contributed by atoms with Gasteiger partial charge < -0.3 is 4.52 Å². The lowest BCUT2D eigenvalue weighted by Crippen LogP contribution is -2.22. The molecule has 0 bridgehead atoms. The van der Waals surface area contributed by atoms with Gasteiger partial charge in [-0.15, -0.1) is 11.3 Å². The maximum Gasteiger partial charge on any atom is 0.240 e. The number of hydrogen-bond donors (Lipinski definition) is 0. The highest BCUT2D eigenvalue weighted by Crippen LogP contribution is 2.34. The predicted octanol–water partition coefficient (Wildman–Crippen LogP) is 4.00. The Kier molecular flexibility index (Phi) is 4.54. The van der Waals surface area contributed by atoms with E-state index in [1.807, 2.05) is 25.1 Å². The maximum atomic E-state index is 5.21. The third-order valence-corrected chi connectivity index (χ3v) is 5.22. The molecule has 23 heavy (non-hydrogen) atoms. The van der Waals surface area contributed by atoms with Crippen LogP contribution in [-0.2, 0) is 6.54 Å². The summed E-state index contributed by atoms with van der Waals surface area (Å²) in [5.41, 5.74) is 2.24. The van der Waals surface area contributed by atoms with E-state index in [2.05, 4.69) is 48.1 Å². The number of benzene rings is 1. The van der Waals surface area contributed by atoms with Crippen LogP contribution in [0.5, 0.6) is 0 Å². The molecule has 0 saturated carbocycles. The van der Waals surface area contributed by atoms with Gasteiger partial charge in [0.25, 0.3) is 0 Å². The quantitative estimate of drug-likeness (QED) is 0.708. The molecule has 5 nitrogen and oxygen atoms in total. The van der Waals surface area contributed by atoms with E-state index in [0.717, 1.165) is 16.3 Å². The van der Waals surface area contributed by atoms with E-state index in [4.69, 9.17) is 9.51 Å². The van der Waals surface area contributed by atoms with Gasteiger partial charge in [-0.1, -0.05) is 35.5 Å². The van der Waals surface area contributed by atoms with Crippen molar-refractivity contribution in [2.24, 2.45) is 0 Å². The number of aromatic nitrogens is 3. The molecule has 3 aromatic rings. The molecule has 120 valence electrons. The first kappa shape index (κ1) is 15.8. The highest BCUT2D eigenvalue weighted by Gasteiger charge is 2.20. The van der Waals surface area contributed by atoms with Crippen molar-refractivity contribution in [1.29, 1.82) is 0 Å². The molecule has 0 spiro atoms. The zero-order valence-electron chi connectivity index (χ0n) is 13.8. The number of rotatable bonds is 5. The fraction of sp³-hybridized carbons (Fsp3) is 0.353. The van der Waals surface area contributed by atoms with Crippen molar-refractivity contribution in [3.63, 3.8) is 0 Å². The number of hydrogen-bond acceptors (Lipinski definition) is 6. The molecule has 0 radical (unpaired) electrons. The van der Waals surface area contributed by atoms with E-state index in [1.165, 1.54) is 4.88 Å². The molecule has 2 heterocycles. The monoisotopic (exact) mass is 328 g/mol. The molecule has 0 aliphatic heterocycles. The SMILES string of the molecule is Cc1noc(CN(C)[C@H](C)c2sc(-c3ccccc3)nc2C)n1. The summed E-state index contributed by atoms with van der Waals surface area (Å²) < 4.78 is 5.21. The Labute approximate surface area is 140 Å². The Bertz CT molecular complexity index is 781. The van der Waals surface area contributed by atoms with E-state index >= 15 is 0 Å². The molecule has 0 saturated heterocycles. The van der Waals surface area contributed by atoms with Crippen LogP contribution < -0.4 is 0 Å². The summed E-state index contributed by atoms with van der Waals surface area (Å²) in [6, 6.07) is 10.5. The summed E-state index contributed by atoms with van der Waals surface area (Å²) in [6.07, 6.45) is 0. The molecule has 1 atom stereocenters. The van der Waals surface area contributed by atoms with Gasteiger partial charge in [0, 0.05) is 16.5 Å². The summed E-state index contributed by atoms with van der Waals surface area (Å²) in [4.78, 5) is 12.5. The topological polar surface area (TPSA) is 55.1 Å². The largest absolute Gasteiger partial charge is 0.338 e. The minimum atomic E-state index is 0.233. The number of nitrogens with zero attached hydrogens (tertiary/aromatic N) is 4. The molecule has 0 fully saturated rings. The van der Waals surface area contributed by atoms with E-state index in [-0.39, 0.29) is 6.04 Å². The third-order valence-electron chi connectivity index (χ3n) is 3.85. The van der Waals surface area contributed by atoms with Crippen LogP contribution >= 0.6 is 11.3 Å². The molecule has 0 unspecified atom stereocenters. The van der Waals surface area contributed by atoms with Crippen LogP contribution in [0.2, 0.25) is 0 Å². The smallest absolute Gasteiger partial charge is 0.240 e. The van der Waals surface area contributed by atoms with Crippen LogP contribution in [0.25, 0.3) is 10.6 Å². The minimum absolute atomic E-state index is 0.233. The molecule has 3 rings (SSSR count). The first-order valence-corrected chi connectivity index (χ1v) is 8.38. The molecule has 0 aliphatic rings. The second-order valence-electron chi connectivity index (χ2n) is 5.66. The van der Waals surface area contributed by atoms with Crippen molar-refractivity contribution in [1.82, 2.24) is 20.0 Å². The molecule has 0 aliphatic carbocycles. The van der Waals surface area contributed by atoms with Gasteiger partial charge >= 0.3 is 0 Å². The standard InChI is InChI=1S/C17H20N4OS/c1-11-16(23-17(18-11)14-8-6-5-7-9-14)12(2)21(4)10-15-19-13(3)20-22-15/h5-9,12H,10H2,1-4H3/t12-/m1/s1. The maximum absolute atomic E-state index is 5.21. The lowest BCUT2D eigenvalue weighted by atomic mass is 10.2. The summed E-state index contributed by atoms with van der Waals surface area (Å²) in [5, 5.41) is 4.90. The van der Waals surface area contributed by atoms with Gasteiger partial charge in [0.2, 0.25) is 5.89 Å². The number of thiazole rings is 1. The van der Waals surface area contributed by atoms with Gasteiger partial charge in [0.15, 0.2) is 5.82 Å². The predicted molar refractivity (Wildman–Crippen MR) is 91.2 cm³/mol. The first-order chi connectivity index (χ1) is 11.0. The summed E-state index contributed by atoms with van der Waals surface area (Å²) >= 11 is 1.75. The zero-order valence-corrected chi connectivity index (χ0v) is 14.6. The van der Waals surface area contributed by atoms with Crippen molar-refractivity contribution in [2.45, 2.75) is 33.4 Å². The second-order valence-corrected chi connectivity index (χ2v) is 6.69. The molecule has 0 N–H and O–H groups in total. The van der Waals surface area contributed by atoms with Crippen LogP contribution in [0, 0.1) is 13.8 Å². The highest BCUT2D eigenvalue weighted by atomic mass is 32.1. The normalized spacial score (nSPS) is 12.7. The Morgan fingerprint density at radius 2 is 1.91 bits per heavy atom. The van der Waals surface area contributed by atoms with Crippen molar-refractivity contribution in [3.05, 3.63) is 52.6 Å². The second kappa shape index (κ2) is 6.60. The minimum Gasteiger partial charge on any atom is -0.338 e. The van der Waals surface area contributed by atoms with Crippen molar-refractivity contribution in [2.75, 3.05) is 7.05 Å². The first-order valence-electron chi connectivity index (χ1n) is 7.56. The summed E-state index contributed by atoms with van der Waals surface area (Å²) in [5.74, 6) is 1.31. The molecule has 1 aromatic carbocycles. The van der Waals surface area contributed by atoms with Crippen molar-refractivity contribution < 1.29 is 4.52 Å². The molecule has 0 amide bonds. The highest BCUT2D eigenvalue weighted by molar-refractivity contribution is 7.15. The van der Waals surface area contributed by atoms with Gasteiger partial charge in [-0.05, 0) is 27.8 Å². The average molecular weight is 328 g/mol. The van der Waals surface area contributed by atoms with Crippen LogP contribution in [0.4, 0.5) is 0 Å². The Morgan fingerprint density at radius 3 is 2.57 bits per heavy atom. The lowest BCUT2D eigenvalue weighted by molar-refractivity contribution is 0.218. The van der Waals surface area contributed by atoms with E-state index in [9.17, 15) is 0 Å². The lowest BCUT2D eigenvalue weighted by Gasteiger charge is -2.22. The number of aryl methyl sites for hydroxylation is 2.